The first-order chi connectivity index (χ1) is 11.2. The number of carbonyl (C=O) groups is 1. The number of fused-ring (bicyclic) bond motifs is 1. The van der Waals surface area contributed by atoms with Gasteiger partial charge in [-0.15, -0.1) is 0 Å². The van der Waals surface area contributed by atoms with Gasteiger partial charge >= 0.3 is 6.09 Å². The number of aromatic amines is 1. The van der Waals surface area contributed by atoms with Crippen molar-refractivity contribution in [3.05, 3.63) is 18.1 Å². The molecule has 0 atom stereocenters. The lowest BCUT2D eigenvalue weighted by Crippen LogP contribution is -2.19. The summed E-state index contributed by atoms with van der Waals surface area (Å²) in [4.78, 5) is 22.3. The average molecular weight is 335 g/mol. The van der Waals surface area contributed by atoms with Gasteiger partial charge in [-0.3, -0.25) is 0 Å². The van der Waals surface area contributed by atoms with Crippen LogP contribution in [0.5, 0.6) is 0 Å². The quantitative estimate of drug-likeness (QED) is 0.208. The molecule has 2 aromatic heterocycles. The number of nitrogens with zero attached hydrogens (tertiary/aromatic N) is 2. The number of unbranched alkanes of at least 4 members (excludes halogenated alkanes) is 1. The third kappa shape index (κ3) is 5.05. The Bertz CT molecular complexity index is 722. The van der Waals surface area contributed by atoms with E-state index in [1.165, 1.54) is 6.33 Å². The highest BCUT2D eigenvalue weighted by Crippen LogP contribution is 2.19. The van der Waals surface area contributed by atoms with Crippen LogP contribution in [-0.2, 0) is 9.47 Å². The molecule has 0 aromatic carbocycles. The maximum absolute atomic E-state index is 11.5. The molecule has 0 aliphatic heterocycles. The molecule has 0 spiro atoms. The largest absolute Gasteiger partial charge is 0.449 e. The SMILES string of the molecule is Nc1ncnc2[nH]cc(C#CNC(=O)OCCCCOCS)c12. The summed E-state index contributed by atoms with van der Waals surface area (Å²) in [6.45, 7) is 0.898. The van der Waals surface area contributed by atoms with Crippen LogP contribution in [0, 0.1) is 12.0 Å². The Kier molecular flexibility index (Phi) is 6.53. The van der Waals surface area contributed by atoms with E-state index in [0.29, 0.717) is 48.0 Å². The zero-order valence-corrected chi connectivity index (χ0v) is 13.2. The van der Waals surface area contributed by atoms with E-state index in [-0.39, 0.29) is 0 Å². The molecule has 2 heterocycles. The highest BCUT2D eigenvalue weighted by molar-refractivity contribution is 7.80. The number of thiol groups is 1. The van der Waals surface area contributed by atoms with E-state index in [0.717, 1.165) is 6.42 Å². The fraction of sp³-hybridized carbons (Fsp3) is 0.357. The van der Waals surface area contributed by atoms with Crippen LogP contribution in [0.2, 0.25) is 0 Å². The van der Waals surface area contributed by atoms with Gasteiger partial charge in [0.25, 0.3) is 0 Å². The van der Waals surface area contributed by atoms with Crippen molar-refractivity contribution in [1.29, 1.82) is 0 Å². The van der Waals surface area contributed by atoms with Crippen molar-refractivity contribution in [3.63, 3.8) is 0 Å². The highest BCUT2D eigenvalue weighted by atomic mass is 32.1. The van der Waals surface area contributed by atoms with Gasteiger partial charge in [-0.05, 0) is 18.8 Å². The van der Waals surface area contributed by atoms with Gasteiger partial charge in [0.15, 0.2) is 0 Å². The molecule has 0 bridgehead atoms. The molecule has 0 fully saturated rings. The number of nitrogens with one attached hydrogen (secondary N) is 2. The summed E-state index contributed by atoms with van der Waals surface area (Å²) in [5, 5.41) is 2.97. The number of nitrogen functional groups attached to an aromatic ring is 1. The summed E-state index contributed by atoms with van der Waals surface area (Å²) < 4.78 is 10.0. The minimum absolute atomic E-state index is 0.303. The van der Waals surface area contributed by atoms with E-state index < -0.39 is 6.09 Å². The molecule has 0 unspecified atom stereocenters. The number of nitrogens with two attached hydrogens (primary N) is 1. The Labute approximate surface area is 138 Å². The lowest BCUT2D eigenvalue weighted by molar-refractivity contribution is 0.137. The number of carbonyl (C=O) groups excluding carboxylic acids is 1. The number of amides is 1. The summed E-state index contributed by atoms with van der Waals surface area (Å²) >= 11 is 3.92. The first kappa shape index (κ1) is 16.9. The maximum Gasteiger partial charge on any atom is 0.418 e. The van der Waals surface area contributed by atoms with Gasteiger partial charge in [0.05, 0.1) is 23.5 Å². The number of hydrogen-bond donors (Lipinski definition) is 4. The standard InChI is InChI=1S/C14H17N5O3S/c15-12-11-10(7-17-13(11)19-8-18-12)3-4-16-14(20)22-6-2-1-5-21-9-23/h7-8,23H,1-2,5-6,9H2,(H,16,20)(H3,15,17,18,19). The number of hydrogen-bond acceptors (Lipinski definition) is 7. The van der Waals surface area contributed by atoms with Gasteiger partial charge in [-0.25, -0.2) is 20.1 Å². The van der Waals surface area contributed by atoms with Crippen LogP contribution in [-0.4, -0.2) is 40.2 Å². The number of H-pyrrole nitrogens is 1. The number of ether oxygens (including phenoxy) is 2. The predicted molar refractivity (Wildman–Crippen MR) is 88.7 cm³/mol. The van der Waals surface area contributed by atoms with E-state index >= 15 is 0 Å². The van der Waals surface area contributed by atoms with Crippen LogP contribution in [0.25, 0.3) is 11.0 Å². The Morgan fingerprint density at radius 1 is 1.39 bits per heavy atom. The molecule has 0 aliphatic carbocycles. The molecule has 0 saturated carbocycles. The van der Waals surface area contributed by atoms with Gasteiger partial charge in [-0.1, -0.05) is 0 Å². The Balaban J connectivity index is 1.79. The topological polar surface area (TPSA) is 115 Å². The van der Waals surface area contributed by atoms with Crippen LogP contribution in [0.15, 0.2) is 12.5 Å². The number of anilines is 1. The molecule has 2 rings (SSSR count). The number of alkyl carbamates (subject to hydrolysis) is 1. The van der Waals surface area contributed by atoms with Crippen molar-refractivity contribution >= 4 is 35.6 Å². The zero-order valence-electron chi connectivity index (χ0n) is 12.3. The summed E-state index contributed by atoms with van der Waals surface area (Å²) in [7, 11) is 0. The van der Waals surface area contributed by atoms with Crippen molar-refractivity contribution in [2.45, 2.75) is 12.8 Å². The van der Waals surface area contributed by atoms with Crippen molar-refractivity contribution in [1.82, 2.24) is 20.3 Å². The molecule has 1 amide bonds. The second kappa shape index (κ2) is 8.87. The summed E-state index contributed by atoms with van der Waals surface area (Å²) in [5.41, 5.74) is 6.97. The van der Waals surface area contributed by atoms with Gasteiger partial charge < -0.3 is 20.2 Å². The molecular formula is C14H17N5O3S. The molecule has 9 heteroatoms. The fourth-order valence-corrected chi connectivity index (χ4v) is 1.94. The van der Waals surface area contributed by atoms with Crippen molar-refractivity contribution in [3.8, 4) is 12.0 Å². The molecule has 2 aromatic rings. The minimum atomic E-state index is -0.600. The van der Waals surface area contributed by atoms with Crippen LogP contribution in [0.3, 0.4) is 0 Å². The van der Waals surface area contributed by atoms with Crippen molar-refractivity contribution in [2.24, 2.45) is 0 Å². The van der Waals surface area contributed by atoms with E-state index in [4.69, 9.17) is 15.2 Å². The monoisotopic (exact) mass is 335 g/mol. The zero-order chi connectivity index (χ0) is 16.5. The van der Waals surface area contributed by atoms with E-state index in [1.807, 2.05) is 0 Å². The number of rotatable bonds is 6. The first-order valence-electron chi connectivity index (χ1n) is 6.92. The second-order valence-electron chi connectivity index (χ2n) is 4.44. The smallest absolute Gasteiger partial charge is 0.418 e. The molecule has 8 nitrogen and oxygen atoms in total. The van der Waals surface area contributed by atoms with E-state index in [9.17, 15) is 4.79 Å². The lowest BCUT2D eigenvalue weighted by atomic mass is 10.2. The summed E-state index contributed by atoms with van der Waals surface area (Å²) in [6, 6.07) is 2.53. The Morgan fingerprint density at radius 3 is 3.04 bits per heavy atom. The van der Waals surface area contributed by atoms with E-state index in [2.05, 4.69) is 44.9 Å². The molecule has 122 valence electrons. The molecule has 0 saturated heterocycles. The average Bonchev–Trinajstić information content (AvgIpc) is 2.95. The van der Waals surface area contributed by atoms with Gasteiger partial charge in [-0.2, -0.15) is 12.6 Å². The molecule has 0 aliphatic rings. The fourth-order valence-electron chi connectivity index (χ4n) is 1.81. The summed E-state index contributed by atoms with van der Waals surface area (Å²) in [6.07, 6.45) is 3.93. The second-order valence-corrected chi connectivity index (χ2v) is 4.70. The Hall–Kier alpha value is -2.44. The predicted octanol–water partition coefficient (Wildman–Crippen LogP) is 1.26. The molecular weight excluding hydrogens is 318 g/mol. The van der Waals surface area contributed by atoms with Crippen LogP contribution in [0.4, 0.5) is 10.6 Å². The molecule has 4 N–H and O–H groups in total. The van der Waals surface area contributed by atoms with Crippen molar-refractivity contribution in [2.75, 3.05) is 24.9 Å². The highest BCUT2D eigenvalue weighted by Gasteiger charge is 2.06. The van der Waals surface area contributed by atoms with Crippen LogP contribution in [0.1, 0.15) is 18.4 Å². The molecule has 23 heavy (non-hydrogen) atoms. The first-order valence-corrected chi connectivity index (χ1v) is 7.55. The summed E-state index contributed by atoms with van der Waals surface area (Å²) in [5.74, 6) is 3.49. The lowest BCUT2D eigenvalue weighted by Gasteiger charge is -2.03. The minimum Gasteiger partial charge on any atom is -0.449 e. The van der Waals surface area contributed by atoms with Crippen LogP contribution < -0.4 is 11.1 Å². The Morgan fingerprint density at radius 2 is 2.22 bits per heavy atom. The molecule has 0 radical (unpaired) electrons. The maximum atomic E-state index is 11.5. The third-order valence-electron chi connectivity index (χ3n) is 2.87. The normalized spacial score (nSPS) is 10.1. The number of aromatic nitrogens is 3. The van der Waals surface area contributed by atoms with Gasteiger partial charge in [0.2, 0.25) is 0 Å². The van der Waals surface area contributed by atoms with Crippen molar-refractivity contribution < 1.29 is 14.3 Å². The van der Waals surface area contributed by atoms with Gasteiger partial charge in [0.1, 0.15) is 17.8 Å². The van der Waals surface area contributed by atoms with E-state index in [1.54, 1.807) is 6.20 Å². The van der Waals surface area contributed by atoms with Crippen LogP contribution >= 0.6 is 12.6 Å². The van der Waals surface area contributed by atoms with Gasteiger partial charge in [0, 0.05) is 18.8 Å². The third-order valence-corrected chi connectivity index (χ3v) is 3.05.